The molecule has 0 saturated carbocycles. The number of rotatable bonds is 25. The third-order valence-electron chi connectivity index (χ3n) is 5.61. The fraction of sp³-hybridized carbons (Fsp3) is 0.955. The Bertz CT molecular complexity index is 888. The lowest BCUT2D eigenvalue weighted by atomic mass is 10.5. The van der Waals surface area contributed by atoms with Gasteiger partial charge in [0.05, 0.1) is 61.2 Å². The molecule has 0 fully saturated rings. The topological polar surface area (TPSA) is 214 Å². The van der Waals surface area contributed by atoms with Gasteiger partial charge in [0.1, 0.15) is 32.9 Å². The van der Waals surface area contributed by atoms with E-state index in [0.29, 0.717) is 34.8 Å². The van der Waals surface area contributed by atoms with Crippen molar-refractivity contribution >= 4 is 39.2 Å². The zero-order valence-electron chi connectivity index (χ0n) is 28.8. The van der Waals surface area contributed by atoms with Crippen LogP contribution in [0.3, 0.4) is 0 Å². The number of likely N-dealkylation sites (N-methyl/N-ethyl adjacent to an activating group) is 2. The molecule has 0 radical (unpaired) electrons. The molecule has 0 aliphatic rings. The maximum atomic E-state index is 11.6. The van der Waals surface area contributed by atoms with E-state index in [-0.39, 0.29) is 26.0 Å². The van der Waals surface area contributed by atoms with Crippen LogP contribution in [0.5, 0.6) is 0 Å². The first-order valence-corrected chi connectivity index (χ1v) is 20.5. The first-order valence-electron chi connectivity index (χ1n) is 13.7. The number of hydrogen-bond donors (Lipinski definition) is 2. The van der Waals surface area contributed by atoms with Crippen LogP contribution in [0, 0.1) is 0 Å². The highest BCUT2D eigenvalue weighted by Crippen LogP contribution is 2.38. The zero-order valence-corrected chi connectivity index (χ0v) is 32.6. The van der Waals surface area contributed by atoms with E-state index in [1.165, 1.54) is 42.7 Å². The third kappa shape index (κ3) is 24.5. The number of quaternary nitrogens is 2. The van der Waals surface area contributed by atoms with E-state index < -0.39 is 45.8 Å². The lowest BCUT2D eigenvalue weighted by Gasteiger charge is -2.27. The van der Waals surface area contributed by atoms with Crippen molar-refractivity contribution in [1.82, 2.24) is 10.6 Å². The van der Waals surface area contributed by atoms with Gasteiger partial charge in [0, 0.05) is 49.2 Å². The van der Waals surface area contributed by atoms with E-state index in [1.54, 1.807) is 0 Å². The molecule has 0 saturated heterocycles. The minimum absolute atomic E-state index is 0.00971. The predicted octanol–water partition coefficient (Wildman–Crippen LogP) is -2.07. The molecule has 19 nitrogen and oxygen atoms in total. The molecule has 1 amide bonds. The van der Waals surface area contributed by atoms with Crippen molar-refractivity contribution in [3.63, 3.8) is 0 Å². The van der Waals surface area contributed by atoms with Crippen LogP contribution in [0.4, 0.5) is 0 Å². The second kappa shape index (κ2) is 22.4. The first-order chi connectivity index (χ1) is 20.6. The van der Waals surface area contributed by atoms with Crippen LogP contribution >= 0.6 is 15.6 Å². The number of amides is 1. The van der Waals surface area contributed by atoms with Gasteiger partial charge in [-0.3, -0.25) is 13.9 Å². The van der Waals surface area contributed by atoms with Crippen molar-refractivity contribution in [3.8, 4) is 0 Å². The average Bonchev–Trinajstić information content (AvgIpc) is 2.94. The van der Waals surface area contributed by atoms with Crippen molar-refractivity contribution in [1.29, 1.82) is 0 Å². The van der Waals surface area contributed by atoms with Crippen LogP contribution in [0.25, 0.3) is 0 Å². The Labute approximate surface area is 270 Å². The summed E-state index contributed by atoms with van der Waals surface area (Å²) in [6.45, 7) is 0.682. The Morgan fingerprint density at radius 1 is 0.622 bits per heavy atom. The number of nitrogens with one attached hydrogen (secondary N) is 2. The zero-order chi connectivity index (χ0) is 35.4. The van der Waals surface area contributed by atoms with Gasteiger partial charge in [0.25, 0.3) is 15.6 Å². The Morgan fingerprint density at radius 2 is 0.978 bits per heavy atom. The highest BCUT2D eigenvalue weighted by molar-refractivity contribution is 7.46. The summed E-state index contributed by atoms with van der Waals surface area (Å²) in [4.78, 5) is 34.7. The summed E-state index contributed by atoms with van der Waals surface area (Å²) < 4.78 is 73.9. The van der Waals surface area contributed by atoms with Crippen molar-refractivity contribution in [2.45, 2.75) is 0 Å². The van der Waals surface area contributed by atoms with E-state index >= 15 is 0 Å². The van der Waals surface area contributed by atoms with E-state index in [1.807, 2.05) is 42.3 Å². The van der Waals surface area contributed by atoms with E-state index in [2.05, 4.69) is 19.7 Å². The number of hydrogen-bond acceptors (Lipinski definition) is 16. The third-order valence-corrected chi connectivity index (χ3v) is 12.6. The summed E-state index contributed by atoms with van der Waals surface area (Å²) >= 11 is 0. The molecule has 0 aromatic heterocycles. The largest absolute Gasteiger partial charge is 0.756 e. The molecule has 0 rings (SSSR count). The van der Waals surface area contributed by atoms with Gasteiger partial charge in [-0.25, -0.2) is 0 Å². The van der Waals surface area contributed by atoms with Gasteiger partial charge in [-0.1, -0.05) is 0 Å². The molecule has 0 aliphatic heterocycles. The lowest BCUT2D eigenvalue weighted by Crippen LogP contribution is -2.53. The molecule has 2 atom stereocenters. The van der Waals surface area contributed by atoms with Crippen LogP contribution in [-0.4, -0.2) is 176 Å². The summed E-state index contributed by atoms with van der Waals surface area (Å²) in [5, 5.41) is 5.41. The molecule has 2 N–H and O–H groups in total. The van der Waals surface area contributed by atoms with Gasteiger partial charge in [-0.2, -0.15) is 0 Å². The van der Waals surface area contributed by atoms with E-state index in [4.69, 9.17) is 35.6 Å². The Kier molecular flexibility index (Phi) is 23.3. The van der Waals surface area contributed by atoms with Gasteiger partial charge in [0.15, 0.2) is 0 Å². The van der Waals surface area contributed by atoms with Crippen LogP contribution in [0.15, 0.2) is 0 Å². The second-order valence-electron chi connectivity index (χ2n) is 11.2. The molecule has 45 heavy (non-hydrogen) atoms. The Morgan fingerprint density at radius 3 is 1.36 bits per heavy atom. The van der Waals surface area contributed by atoms with Gasteiger partial charge >= 0.3 is 17.6 Å². The molecule has 0 aromatic carbocycles. The summed E-state index contributed by atoms with van der Waals surface area (Å²) in [5.74, 6) is -0.653. The summed E-state index contributed by atoms with van der Waals surface area (Å²) in [5.41, 5.74) is 0. The highest BCUT2D eigenvalue weighted by Gasteiger charge is 2.38. The standard InChI is InChI=1S/C11H27N2O8PSi.C11H29N2O7PSi/c1-13(2,3)7-8-20-22(15,16)21-9-11(14)12-10-23(17-4,18-5)19-6;1-13(2,3)8-10-20-21(14,15)19-9-7-12-11-22(16-4,17-5)18-6/h7-10H2,1-6H3,(H-,12,14,15,16);12H,7-11H2,1-6H3. The molecule has 23 heteroatoms. The van der Waals surface area contributed by atoms with Crippen molar-refractivity contribution in [3.05, 3.63) is 0 Å². The van der Waals surface area contributed by atoms with Crippen LogP contribution < -0.4 is 20.4 Å². The molecule has 0 aromatic rings. The molecule has 0 heterocycles. The van der Waals surface area contributed by atoms with Crippen LogP contribution in [0.1, 0.15) is 0 Å². The molecule has 0 aliphatic carbocycles. The molecule has 0 spiro atoms. The minimum atomic E-state index is -4.52. The summed E-state index contributed by atoms with van der Waals surface area (Å²) in [6, 6.07) is 0. The fourth-order valence-electron chi connectivity index (χ4n) is 2.73. The smallest absolute Gasteiger partial charge is 0.520 e. The van der Waals surface area contributed by atoms with Gasteiger partial charge in [-0.15, -0.1) is 0 Å². The van der Waals surface area contributed by atoms with E-state index in [0.717, 1.165) is 0 Å². The van der Waals surface area contributed by atoms with Gasteiger partial charge in [0.2, 0.25) is 5.91 Å². The molecule has 272 valence electrons. The number of carbonyl (C=O) groups excluding carboxylic acids is 1. The molecular weight excluding hydrogens is 678 g/mol. The SMILES string of the molecule is CO[Si](CNC(=O)COP(=O)([O-])OCC[N+](C)(C)C)(OC)OC.CO[Si](CNCCOP(=O)([O-])OCC[N+](C)(C)C)(OC)OC. The minimum Gasteiger partial charge on any atom is -0.756 e. The normalized spacial score (nSPS) is 15.5. The van der Waals surface area contributed by atoms with E-state index in [9.17, 15) is 23.7 Å². The number of carbonyl (C=O) groups is 1. The van der Waals surface area contributed by atoms with Crippen LogP contribution in [0.2, 0.25) is 0 Å². The summed E-state index contributed by atoms with van der Waals surface area (Å²) in [6.07, 6.45) is 0.343. The number of nitrogens with zero attached hydrogens (tertiary/aromatic N) is 2. The number of phosphoric ester groups is 2. The second-order valence-corrected chi connectivity index (χ2v) is 19.9. The van der Waals surface area contributed by atoms with Crippen molar-refractivity contribution in [2.24, 2.45) is 0 Å². The Hall–Kier alpha value is -0.236. The maximum absolute atomic E-state index is 11.6. The first kappa shape index (κ1) is 46.9. The molecule has 2 unspecified atom stereocenters. The predicted molar refractivity (Wildman–Crippen MR) is 164 cm³/mol. The lowest BCUT2D eigenvalue weighted by molar-refractivity contribution is -0.870. The van der Waals surface area contributed by atoms with Crippen molar-refractivity contribution < 1.29 is 77.3 Å². The van der Waals surface area contributed by atoms with Gasteiger partial charge < -0.3 is 74.0 Å². The fourth-order valence-corrected chi connectivity index (χ4v) is 6.84. The monoisotopic (exact) mass is 734 g/mol. The highest BCUT2D eigenvalue weighted by atomic mass is 31.2. The van der Waals surface area contributed by atoms with Crippen LogP contribution in [-0.2, 0) is 58.6 Å². The van der Waals surface area contributed by atoms with Gasteiger partial charge in [-0.05, 0) is 0 Å². The molecular formula is C22H56N4O15P2Si2. The number of phosphoric acid groups is 2. The summed E-state index contributed by atoms with van der Waals surface area (Å²) in [7, 11) is 5.78. The maximum Gasteiger partial charge on any atom is 0.520 e. The Balaban J connectivity index is 0. The average molecular weight is 735 g/mol. The molecule has 0 bridgehead atoms. The van der Waals surface area contributed by atoms with Crippen molar-refractivity contribution in [2.75, 3.05) is 143 Å². The quantitative estimate of drug-likeness (QED) is 0.0446.